The maximum atomic E-state index is 12.4. The van der Waals surface area contributed by atoms with Crippen molar-refractivity contribution < 1.29 is 22.5 Å². The van der Waals surface area contributed by atoms with Gasteiger partial charge in [0.1, 0.15) is 11.5 Å². The average molecular weight is 400 g/mol. The molecule has 0 saturated heterocycles. The molecule has 1 aromatic heterocycles. The molecule has 1 amide bonds. The summed E-state index contributed by atoms with van der Waals surface area (Å²) < 4.78 is 36.9. The van der Waals surface area contributed by atoms with Gasteiger partial charge in [0.25, 0.3) is 10.0 Å². The molecule has 0 bridgehead atoms. The van der Waals surface area contributed by atoms with Crippen LogP contribution in [0.2, 0.25) is 0 Å². The van der Waals surface area contributed by atoms with Crippen molar-refractivity contribution in [3.05, 3.63) is 60.4 Å². The molecule has 1 N–H and O–H groups in total. The molecule has 0 atom stereocenters. The Bertz CT molecular complexity index is 1060. The smallest absolute Gasteiger partial charge is 0.264 e. The summed E-state index contributed by atoms with van der Waals surface area (Å²) in [7, 11) is -2.50. The van der Waals surface area contributed by atoms with Crippen LogP contribution < -0.4 is 4.72 Å². The fourth-order valence-corrected chi connectivity index (χ4v) is 3.77. The van der Waals surface area contributed by atoms with Gasteiger partial charge < -0.3 is 9.26 Å². The SMILES string of the molecule is COCCC(=O)NS(=O)(=O)c1ccc(-c2c(-c3ccccc3)noc2C)cc1. The Kier molecular flexibility index (Phi) is 5.91. The lowest BCUT2D eigenvalue weighted by atomic mass is 10.00. The first-order valence-corrected chi connectivity index (χ1v) is 10.1. The molecule has 0 aliphatic rings. The molecule has 0 saturated carbocycles. The topological polar surface area (TPSA) is 98.5 Å². The van der Waals surface area contributed by atoms with Crippen molar-refractivity contribution in [2.75, 3.05) is 13.7 Å². The Labute approximate surface area is 163 Å². The van der Waals surface area contributed by atoms with Crippen LogP contribution in [0.1, 0.15) is 12.2 Å². The summed E-state index contributed by atoms with van der Waals surface area (Å²) in [5.41, 5.74) is 3.14. The molecule has 0 aliphatic heterocycles. The molecule has 0 fully saturated rings. The molecule has 0 unspecified atom stereocenters. The first-order chi connectivity index (χ1) is 13.4. The number of sulfonamides is 1. The highest BCUT2D eigenvalue weighted by Gasteiger charge is 2.20. The van der Waals surface area contributed by atoms with Gasteiger partial charge in [0.05, 0.1) is 23.5 Å². The van der Waals surface area contributed by atoms with Gasteiger partial charge in [-0.05, 0) is 24.6 Å². The van der Waals surface area contributed by atoms with E-state index in [2.05, 4.69) is 5.16 Å². The normalized spacial score (nSPS) is 11.4. The zero-order valence-electron chi connectivity index (χ0n) is 15.5. The number of hydrogen-bond donors (Lipinski definition) is 1. The standard InChI is InChI=1S/C20H20N2O5S/c1-14-19(20(21-27-14)16-6-4-3-5-7-16)15-8-10-17(11-9-15)28(24,25)22-18(23)12-13-26-2/h3-11H,12-13H2,1-2H3,(H,22,23). The van der Waals surface area contributed by atoms with Crippen LogP contribution in [0, 0.1) is 6.92 Å². The van der Waals surface area contributed by atoms with Gasteiger partial charge in [0, 0.05) is 12.7 Å². The van der Waals surface area contributed by atoms with Crippen LogP contribution in [0.3, 0.4) is 0 Å². The number of aromatic nitrogens is 1. The fraction of sp³-hybridized carbons (Fsp3) is 0.200. The highest BCUT2D eigenvalue weighted by atomic mass is 32.2. The number of benzene rings is 2. The Morgan fingerprint density at radius 2 is 1.75 bits per heavy atom. The molecule has 3 rings (SSSR count). The van der Waals surface area contributed by atoms with Crippen LogP contribution in [0.4, 0.5) is 0 Å². The molecule has 2 aromatic carbocycles. The lowest BCUT2D eigenvalue weighted by molar-refractivity contribution is -0.120. The maximum Gasteiger partial charge on any atom is 0.264 e. The second-order valence-electron chi connectivity index (χ2n) is 6.12. The number of carbonyl (C=O) groups is 1. The molecule has 1 heterocycles. The first-order valence-electron chi connectivity index (χ1n) is 8.59. The summed E-state index contributed by atoms with van der Waals surface area (Å²) in [6.45, 7) is 1.95. The van der Waals surface area contributed by atoms with Crippen LogP contribution in [-0.4, -0.2) is 33.2 Å². The van der Waals surface area contributed by atoms with Gasteiger partial charge in [-0.15, -0.1) is 0 Å². The number of carbonyl (C=O) groups excluding carboxylic acids is 1. The van der Waals surface area contributed by atoms with E-state index < -0.39 is 15.9 Å². The number of aryl methyl sites for hydroxylation is 1. The van der Waals surface area contributed by atoms with Gasteiger partial charge in [-0.3, -0.25) is 4.79 Å². The average Bonchev–Trinajstić information content (AvgIpc) is 3.08. The van der Waals surface area contributed by atoms with E-state index in [1.54, 1.807) is 19.1 Å². The zero-order chi connectivity index (χ0) is 20.1. The zero-order valence-corrected chi connectivity index (χ0v) is 16.3. The van der Waals surface area contributed by atoms with E-state index in [0.29, 0.717) is 11.5 Å². The number of amides is 1. The van der Waals surface area contributed by atoms with Crippen molar-refractivity contribution in [1.29, 1.82) is 0 Å². The van der Waals surface area contributed by atoms with Crippen molar-refractivity contribution >= 4 is 15.9 Å². The summed E-state index contributed by atoms with van der Waals surface area (Å²) >= 11 is 0. The molecule has 28 heavy (non-hydrogen) atoms. The number of ether oxygens (including phenoxy) is 1. The fourth-order valence-electron chi connectivity index (χ4n) is 2.76. The molecule has 0 spiro atoms. The van der Waals surface area contributed by atoms with E-state index in [0.717, 1.165) is 16.7 Å². The molecule has 0 radical (unpaired) electrons. The Morgan fingerprint density at radius 3 is 2.39 bits per heavy atom. The predicted octanol–water partition coefficient (Wildman–Crippen LogP) is 3.16. The van der Waals surface area contributed by atoms with Crippen LogP contribution in [-0.2, 0) is 19.6 Å². The minimum absolute atomic E-state index is 0.00242. The second-order valence-corrected chi connectivity index (χ2v) is 7.81. The third-order valence-corrected chi connectivity index (χ3v) is 5.53. The number of nitrogens with one attached hydrogen (secondary N) is 1. The lowest BCUT2D eigenvalue weighted by Gasteiger charge is -2.08. The maximum absolute atomic E-state index is 12.4. The van der Waals surface area contributed by atoms with Gasteiger partial charge in [0.15, 0.2) is 0 Å². The number of methoxy groups -OCH3 is 1. The minimum atomic E-state index is -3.94. The predicted molar refractivity (Wildman–Crippen MR) is 104 cm³/mol. The van der Waals surface area contributed by atoms with Crippen LogP contribution in [0.5, 0.6) is 0 Å². The van der Waals surface area contributed by atoms with Crippen LogP contribution in [0.25, 0.3) is 22.4 Å². The quantitative estimate of drug-likeness (QED) is 0.654. The van der Waals surface area contributed by atoms with Crippen LogP contribution in [0.15, 0.2) is 64.0 Å². The molecule has 0 aliphatic carbocycles. The summed E-state index contributed by atoms with van der Waals surface area (Å²) in [4.78, 5) is 11.7. The van der Waals surface area contributed by atoms with Gasteiger partial charge in [-0.1, -0.05) is 47.6 Å². The van der Waals surface area contributed by atoms with Gasteiger partial charge in [-0.2, -0.15) is 0 Å². The molecule has 3 aromatic rings. The van der Waals surface area contributed by atoms with E-state index >= 15 is 0 Å². The van der Waals surface area contributed by atoms with Crippen LogP contribution >= 0.6 is 0 Å². The Balaban J connectivity index is 1.88. The van der Waals surface area contributed by atoms with E-state index in [9.17, 15) is 13.2 Å². The Morgan fingerprint density at radius 1 is 1.07 bits per heavy atom. The van der Waals surface area contributed by atoms with E-state index in [1.165, 1.54) is 19.2 Å². The van der Waals surface area contributed by atoms with Crippen molar-refractivity contribution in [3.63, 3.8) is 0 Å². The highest BCUT2D eigenvalue weighted by molar-refractivity contribution is 7.90. The minimum Gasteiger partial charge on any atom is -0.384 e. The number of rotatable bonds is 7. The van der Waals surface area contributed by atoms with E-state index in [-0.39, 0.29) is 17.9 Å². The second kappa shape index (κ2) is 8.37. The first kappa shape index (κ1) is 19.8. The van der Waals surface area contributed by atoms with Crippen molar-refractivity contribution in [1.82, 2.24) is 9.88 Å². The van der Waals surface area contributed by atoms with Gasteiger partial charge in [-0.25, -0.2) is 13.1 Å². The summed E-state index contributed by atoms with van der Waals surface area (Å²) in [6.07, 6.45) is -0.0336. The molecule has 146 valence electrons. The van der Waals surface area contributed by atoms with Crippen molar-refractivity contribution in [2.45, 2.75) is 18.2 Å². The number of hydrogen-bond acceptors (Lipinski definition) is 6. The summed E-state index contributed by atoms with van der Waals surface area (Å²) in [5, 5.41) is 4.14. The Hall–Kier alpha value is -2.97. The largest absolute Gasteiger partial charge is 0.384 e. The molecule has 8 heteroatoms. The monoisotopic (exact) mass is 400 g/mol. The van der Waals surface area contributed by atoms with Gasteiger partial charge in [0.2, 0.25) is 5.91 Å². The van der Waals surface area contributed by atoms with Crippen molar-refractivity contribution in [2.24, 2.45) is 0 Å². The van der Waals surface area contributed by atoms with Crippen molar-refractivity contribution in [3.8, 4) is 22.4 Å². The molecular weight excluding hydrogens is 380 g/mol. The lowest BCUT2D eigenvalue weighted by Crippen LogP contribution is -2.31. The van der Waals surface area contributed by atoms with E-state index in [1.807, 2.05) is 35.1 Å². The summed E-state index contributed by atoms with van der Waals surface area (Å²) in [6, 6.07) is 15.8. The third-order valence-electron chi connectivity index (χ3n) is 4.14. The third kappa shape index (κ3) is 4.29. The van der Waals surface area contributed by atoms with Gasteiger partial charge >= 0.3 is 0 Å². The van der Waals surface area contributed by atoms with E-state index in [4.69, 9.17) is 9.26 Å². The molecule has 7 nitrogen and oxygen atoms in total. The number of nitrogens with zero attached hydrogens (tertiary/aromatic N) is 1. The molecular formula is C20H20N2O5S. The summed E-state index contributed by atoms with van der Waals surface area (Å²) in [5.74, 6) is 0.00879. The highest BCUT2D eigenvalue weighted by Crippen LogP contribution is 2.34.